The normalized spacial score (nSPS) is 22.8. The van der Waals surface area contributed by atoms with Crippen LogP contribution in [0.5, 0.6) is 0 Å². The lowest BCUT2D eigenvalue weighted by molar-refractivity contribution is -0.00398. The van der Waals surface area contributed by atoms with Crippen molar-refractivity contribution in [3.63, 3.8) is 0 Å². The van der Waals surface area contributed by atoms with E-state index in [0.29, 0.717) is 27.7 Å². The van der Waals surface area contributed by atoms with Crippen LogP contribution in [-0.4, -0.2) is 54.2 Å². The average Bonchev–Trinajstić information content (AvgIpc) is 3.29. The minimum Gasteiger partial charge on any atom is -0.393 e. The summed E-state index contributed by atoms with van der Waals surface area (Å²) in [6.45, 7) is 3.74. The molecule has 1 saturated heterocycles. The van der Waals surface area contributed by atoms with E-state index in [2.05, 4.69) is 31.8 Å². The highest BCUT2D eigenvalue weighted by Crippen LogP contribution is 2.45. The van der Waals surface area contributed by atoms with Crippen molar-refractivity contribution >= 4 is 51.4 Å². The van der Waals surface area contributed by atoms with E-state index in [0.717, 1.165) is 58.9 Å². The van der Waals surface area contributed by atoms with E-state index < -0.39 is 0 Å². The second-order valence-corrected chi connectivity index (χ2v) is 9.55. The predicted molar refractivity (Wildman–Crippen MR) is 120 cm³/mol. The molecule has 0 bridgehead atoms. The quantitative estimate of drug-likeness (QED) is 0.452. The number of aromatic nitrogens is 6. The highest BCUT2D eigenvalue weighted by atomic mass is 35.5. The topological polar surface area (TPSA) is 104 Å². The Morgan fingerprint density at radius 1 is 1.23 bits per heavy atom. The molecule has 5 heterocycles. The van der Waals surface area contributed by atoms with Crippen molar-refractivity contribution in [3.8, 4) is 0 Å². The van der Waals surface area contributed by atoms with Gasteiger partial charge in [0.1, 0.15) is 17.0 Å². The standard InChI is InChI=1S/C21H20ClN7OS/c1-2-13-17(22)16-19(26-13)27-21(28-20(16)29-8-10-5-15(30)12(10)9-29)31-11-6-14-18(25-7-11)24-4-3-23-14/h3-4,6-7,10,12,15,30H,2,5,8-9H2,1H3,(H,26,27,28). The number of nitrogens with one attached hydrogen (secondary N) is 1. The summed E-state index contributed by atoms with van der Waals surface area (Å²) in [6.07, 6.45) is 6.49. The summed E-state index contributed by atoms with van der Waals surface area (Å²) < 4.78 is 0. The summed E-state index contributed by atoms with van der Waals surface area (Å²) in [5.74, 6) is 1.67. The fourth-order valence-electron chi connectivity index (χ4n) is 4.63. The molecule has 0 radical (unpaired) electrons. The van der Waals surface area contributed by atoms with Gasteiger partial charge in [-0.25, -0.2) is 19.9 Å². The molecular formula is C21H20ClN7OS. The number of aryl methyl sites for hydroxylation is 1. The Morgan fingerprint density at radius 2 is 2.10 bits per heavy atom. The molecule has 6 rings (SSSR count). The number of hydrogen-bond donors (Lipinski definition) is 2. The lowest BCUT2D eigenvalue weighted by Crippen LogP contribution is -2.39. The number of pyridine rings is 1. The number of H-pyrrole nitrogens is 1. The number of anilines is 1. The Bertz CT molecular complexity index is 1310. The van der Waals surface area contributed by atoms with Crippen LogP contribution in [0.4, 0.5) is 5.82 Å². The first-order valence-electron chi connectivity index (χ1n) is 10.4. The molecule has 4 aromatic heterocycles. The molecule has 2 aliphatic rings. The van der Waals surface area contributed by atoms with Crippen LogP contribution in [0.15, 0.2) is 34.7 Å². The number of hydrogen-bond acceptors (Lipinski definition) is 8. The lowest BCUT2D eigenvalue weighted by atomic mass is 9.74. The molecule has 3 unspecified atom stereocenters. The third-order valence-corrected chi connectivity index (χ3v) is 7.56. The molecule has 4 aromatic rings. The van der Waals surface area contributed by atoms with E-state index >= 15 is 0 Å². The molecule has 1 saturated carbocycles. The molecule has 0 amide bonds. The van der Waals surface area contributed by atoms with E-state index in [1.165, 1.54) is 11.8 Å². The molecule has 2 fully saturated rings. The minimum atomic E-state index is -0.209. The van der Waals surface area contributed by atoms with E-state index in [-0.39, 0.29) is 6.10 Å². The summed E-state index contributed by atoms with van der Waals surface area (Å²) in [4.78, 5) is 29.1. The smallest absolute Gasteiger partial charge is 0.196 e. The van der Waals surface area contributed by atoms with Gasteiger partial charge in [-0.15, -0.1) is 0 Å². The van der Waals surface area contributed by atoms with Gasteiger partial charge >= 0.3 is 0 Å². The number of nitrogens with zero attached hydrogens (tertiary/aromatic N) is 6. The van der Waals surface area contributed by atoms with Gasteiger partial charge in [-0.2, -0.15) is 0 Å². The fourth-order valence-corrected chi connectivity index (χ4v) is 5.74. The number of fused-ring (bicyclic) bond motifs is 3. The Morgan fingerprint density at radius 3 is 2.90 bits per heavy atom. The first-order valence-corrected chi connectivity index (χ1v) is 11.6. The second kappa shape index (κ2) is 7.29. The third-order valence-electron chi connectivity index (χ3n) is 6.31. The van der Waals surface area contributed by atoms with Crippen LogP contribution >= 0.6 is 23.4 Å². The zero-order valence-corrected chi connectivity index (χ0v) is 18.4. The van der Waals surface area contributed by atoms with Crippen molar-refractivity contribution in [2.75, 3.05) is 18.0 Å². The Balaban J connectivity index is 1.42. The van der Waals surface area contributed by atoms with Gasteiger partial charge in [0.25, 0.3) is 0 Å². The first kappa shape index (κ1) is 19.2. The molecule has 10 heteroatoms. The molecule has 0 spiro atoms. The lowest BCUT2D eigenvalue weighted by Gasteiger charge is -2.34. The van der Waals surface area contributed by atoms with Crippen molar-refractivity contribution in [1.29, 1.82) is 0 Å². The van der Waals surface area contributed by atoms with Crippen LogP contribution in [0.25, 0.3) is 22.2 Å². The second-order valence-electron chi connectivity index (χ2n) is 8.13. The molecule has 0 aromatic carbocycles. The average molecular weight is 454 g/mol. The van der Waals surface area contributed by atoms with Crippen LogP contribution in [-0.2, 0) is 6.42 Å². The number of aromatic amines is 1. The molecule has 3 atom stereocenters. The van der Waals surface area contributed by atoms with Crippen molar-refractivity contribution in [2.45, 2.75) is 35.9 Å². The maximum absolute atomic E-state index is 10.1. The Hall–Kier alpha value is -2.49. The van der Waals surface area contributed by atoms with Crippen molar-refractivity contribution < 1.29 is 5.11 Å². The minimum absolute atomic E-state index is 0.209. The SMILES string of the molecule is CCc1[nH]c2nc(Sc3cnc4nccnc4c3)nc(N3CC4CC(O)C4C3)c2c1Cl. The van der Waals surface area contributed by atoms with Crippen molar-refractivity contribution in [2.24, 2.45) is 11.8 Å². The largest absolute Gasteiger partial charge is 0.393 e. The van der Waals surface area contributed by atoms with Crippen LogP contribution in [0.2, 0.25) is 5.02 Å². The van der Waals surface area contributed by atoms with E-state index in [1.54, 1.807) is 18.6 Å². The van der Waals surface area contributed by atoms with Crippen LogP contribution in [0, 0.1) is 11.8 Å². The number of aliphatic hydroxyl groups is 1. The maximum Gasteiger partial charge on any atom is 0.196 e. The predicted octanol–water partition coefficient (Wildman–Crippen LogP) is 3.48. The van der Waals surface area contributed by atoms with Crippen LogP contribution < -0.4 is 4.90 Å². The number of halogens is 1. The van der Waals surface area contributed by atoms with Gasteiger partial charge in [0.2, 0.25) is 0 Å². The summed E-state index contributed by atoms with van der Waals surface area (Å²) >= 11 is 8.16. The van der Waals surface area contributed by atoms with Crippen molar-refractivity contribution in [3.05, 3.63) is 35.4 Å². The molecule has 2 N–H and O–H groups in total. The molecule has 1 aliphatic heterocycles. The van der Waals surface area contributed by atoms with Gasteiger partial charge in [0.05, 0.1) is 16.5 Å². The highest BCUT2D eigenvalue weighted by molar-refractivity contribution is 7.99. The van der Waals surface area contributed by atoms with Gasteiger partial charge in [0.15, 0.2) is 10.8 Å². The van der Waals surface area contributed by atoms with Gasteiger partial charge in [-0.1, -0.05) is 18.5 Å². The maximum atomic E-state index is 10.1. The Labute approximate surface area is 187 Å². The van der Waals surface area contributed by atoms with Gasteiger partial charge in [0, 0.05) is 48.2 Å². The third kappa shape index (κ3) is 3.14. The molecule has 8 nitrogen and oxygen atoms in total. The monoisotopic (exact) mass is 453 g/mol. The fraction of sp³-hybridized carbons (Fsp3) is 0.381. The first-order chi connectivity index (χ1) is 15.1. The summed E-state index contributed by atoms with van der Waals surface area (Å²) in [7, 11) is 0. The molecular weight excluding hydrogens is 434 g/mol. The summed E-state index contributed by atoms with van der Waals surface area (Å²) in [6, 6.07) is 1.94. The summed E-state index contributed by atoms with van der Waals surface area (Å²) in [5.41, 5.74) is 3.04. The van der Waals surface area contributed by atoms with E-state index in [1.807, 2.05) is 6.07 Å². The molecule has 158 valence electrons. The van der Waals surface area contributed by atoms with E-state index in [4.69, 9.17) is 21.6 Å². The Kier molecular flexibility index (Phi) is 4.52. The zero-order chi connectivity index (χ0) is 21.1. The molecule has 31 heavy (non-hydrogen) atoms. The van der Waals surface area contributed by atoms with Gasteiger partial charge in [-0.05, 0) is 36.6 Å². The number of aliphatic hydroxyl groups excluding tert-OH is 1. The van der Waals surface area contributed by atoms with E-state index in [9.17, 15) is 5.11 Å². The molecule has 1 aliphatic carbocycles. The zero-order valence-electron chi connectivity index (χ0n) is 16.8. The summed E-state index contributed by atoms with van der Waals surface area (Å²) in [5, 5.41) is 12.3. The highest BCUT2D eigenvalue weighted by Gasteiger charge is 2.47. The van der Waals surface area contributed by atoms with Crippen LogP contribution in [0.1, 0.15) is 19.0 Å². The van der Waals surface area contributed by atoms with Gasteiger partial charge < -0.3 is 15.0 Å². The van der Waals surface area contributed by atoms with Gasteiger partial charge in [-0.3, -0.25) is 4.98 Å². The van der Waals surface area contributed by atoms with Crippen LogP contribution in [0.3, 0.4) is 0 Å². The number of rotatable bonds is 4. The van der Waals surface area contributed by atoms with Crippen molar-refractivity contribution in [1.82, 2.24) is 29.9 Å².